The Bertz CT molecular complexity index is 1200. The number of fused-ring (bicyclic) bond motifs is 1. The summed E-state index contributed by atoms with van der Waals surface area (Å²) in [5.74, 6) is -2.44. The Morgan fingerprint density at radius 3 is 2.40 bits per heavy atom. The van der Waals surface area contributed by atoms with E-state index >= 15 is 0 Å². The molecule has 5 aliphatic rings. The third kappa shape index (κ3) is 8.09. The van der Waals surface area contributed by atoms with Crippen molar-refractivity contribution in [2.75, 3.05) is 45.9 Å². The average molecular weight is 708 g/mol. The predicted octanol–water partition coefficient (Wildman–Crippen LogP) is -1.76. The SMILES string of the molecule is CCC1C(N2CCN(C(=O)C3NCNC(C)C3O)CC2)C(=O)C2NCC(NC(C)=O)NC2N1CC(=O)NC1CCC(C(F)(F)F)CC1Cl. The van der Waals surface area contributed by atoms with Gasteiger partial charge in [-0.15, -0.1) is 11.6 Å². The van der Waals surface area contributed by atoms with Crippen LogP contribution in [0, 0.1) is 5.92 Å². The molecule has 11 unspecified atom stereocenters. The van der Waals surface area contributed by atoms with Gasteiger partial charge in [0.1, 0.15) is 6.04 Å². The molecular weight excluding hydrogens is 659 g/mol. The first kappa shape index (κ1) is 37.1. The van der Waals surface area contributed by atoms with Crippen molar-refractivity contribution in [3.63, 3.8) is 0 Å². The minimum atomic E-state index is -4.34. The van der Waals surface area contributed by atoms with Crippen LogP contribution in [0.1, 0.15) is 46.5 Å². The summed E-state index contributed by atoms with van der Waals surface area (Å²) in [6.07, 6.45) is -6.18. The van der Waals surface area contributed by atoms with Crippen molar-refractivity contribution in [2.45, 2.75) is 113 Å². The first-order chi connectivity index (χ1) is 22.7. The molecule has 48 heavy (non-hydrogen) atoms. The van der Waals surface area contributed by atoms with Crippen LogP contribution in [0.5, 0.6) is 0 Å². The maximum Gasteiger partial charge on any atom is 0.391 e. The number of aliphatic hydroxyl groups is 1. The van der Waals surface area contributed by atoms with Crippen LogP contribution >= 0.6 is 11.6 Å². The zero-order valence-corrected chi connectivity index (χ0v) is 28.3. The van der Waals surface area contributed by atoms with E-state index in [1.54, 1.807) is 4.90 Å². The second-order valence-electron chi connectivity index (χ2n) is 13.7. The number of nitrogens with zero attached hydrogens (tertiary/aromatic N) is 3. The molecule has 7 N–H and O–H groups in total. The van der Waals surface area contributed by atoms with Crippen LogP contribution in [-0.2, 0) is 19.2 Å². The summed E-state index contributed by atoms with van der Waals surface area (Å²) < 4.78 is 39.9. The molecule has 4 saturated heterocycles. The molecular formula is C30H49ClF3N9O5. The van der Waals surface area contributed by atoms with Crippen molar-refractivity contribution in [2.24, 2.45) is 5.92 Å². The number of amides is 3. The maximum absolute atomic E-state index is 14.2. The summed E-state index contributed by atoms with van der Waals surface area (Å²) in [5.41, 5.74) is 0. The smallest absolute Gasteiger partial charge is 0.389 e. The minimum absolute atomic E-state index is 0.0624. The van der Waals surface area contributed by atoms with Crippen LogP contribution in [0.15, 0.2) is 0 Å². The van der Waals surface area contributed by atoms with Gasteiger partial charge in [-0.3, -0.25) is 44.9 Å². The number of ketones is 1. The maximum atomic E-state index is 14.2. The van der Waals surface area contributed by atoms with E-state index in [0.717, 1.165) is 0 Å². The summed E-state index contributed by atoms with van der Waals surface area (Å²) in [4.78, 5) is 58.6. The highest BCUT2D eigenvalue weighted by molar-refractivity contribution is 6.21. The van der Waals surface area contributed by atoms with Crippen LogP contribution < -0.4 is 31.9 Å². The lowest BCUT2D eigenvalue weighted by atomic mass is 9.84. The molecule has 0 radical (unpaired) electrons. The molecule has 1 saturated carbocycles. The average Bonchev–Trinajstić information content (AvgIpc) is 3.03. The number of carbonyl (C=O) groups excluding carboxylic acids is 4. The lowest BCUT2D eigenvalue weighted by Gasteiger charge is -2.55. The molecule has 272 valence electrons. The molecule has 1 aliphatic carbocycles. The highest BCUT2D eigenvalue weighted by Gasteiger charge is 2.53. The van der Waals surface area contributed by atoms with Gasteiger partial charge in [0.25, 0.3) is 0 Å². The Balaban J connectivity index is 1.30. The highest BCUT2D eigenvalue weighted by Crippen LogP contribution is 2.39. The molecule has 5 rings (SSSR count). The number of alkyl halides is 4. The number of nitrogens with one attached hydrogen (secondary N) is 6. The fourth-order valence-electron chi connectivity index (χ4n) is 7.96. The summed E-state index contributed by atoms with van der Waals surface area (Å²) in [7, 11) is 0. The Hall–Kier alpha value is -2.12. The first-order valence-electron chi connectivity index (χ1n) is 16.9. The summed E-state index contributed by atoms with van der Waals surface area (Å²) >= 11 is 6.36. The van der Waals surface area contributed by atoms with Crippen LogP contribution in [0.25, 0.3) is 0 Å². The number of hydrogen-bond acceptors (Lipinski definition) is 11. The molecule has 0 aromatic heterocycles. The lowest BCUT2D eigenvalue weighted by molar-refractivity contribution is -0.182. The van der Waals surface area contributed by atoms with Crippen molar-refractivity contribution >= 4 is 35.1 Å². The van der Waals surface area contributed by atoms with E-state index in [-0.39, 0.29) is 56.0 Å². The molecule has 5 fully saturated rings. The van der Waals surface area contributed by atoms with Crippen molar-refractivity contribution in [3.05, 3.63) is 0 Å². The largest absolute Gasteiger partial charge is 0.391 e. The van der Waals surface area contributed by atoms with Crippen molar-refractivity contribution < 1.29 is 37.5 Å². The zero-order valence-electron chi connectivity index (χ0n) is 27.6. The van der Waals surface area contributed by atoms with Gasteiger partial charge < -0.3 is 26.0 Å². The molecule has 3 amide bonds. The number of hydrogen-bond donors (Lipinski definition) is 7. The Labute approximate surface area is 283 Å². The monoisotopic (exact) mass is 707 g/mol. The topological polar surface area (TPSA) is 170 Å². The Morgan fingerprint density at radius 2 is 1.77 bits per heavy atom. The van der Waals surface area contributed by atoms with Gasteiger partial charge in [-0.1, -0.05) is 6.92 Å². The summed E-state index contributed by atoms with van der Waals surface area (Å²) in [6.45, 7) is 7.19. The molecule has 11 atom stereocenters. The number of Topliss-reactive ketones (excluding diaryl/α,β-unsaturated/α-hetero) is 1. The third-order valence-electron chi connectivity index (χ3n) is 10.6. The van der Waals surface area contributed by atoms with Gasteiger partial charge in [-0.25, -0.2) is 0 Å². The Morgan fingerprint density at radius 1 is 1.06 bits per heavy atom. The van der Waals surface area contributed by atoms with E-state index in [2.05, 4.69) is 31.9 Å². The molecule has 18 heteroatoms. The van der Waals surface area contributed by atoms with E-state index in [1.807, 2.05) is 23.6 Å². The van der Waals surface area contributed by atoms with Crippen LogP contribution in [-0.4, -0.2) is 155 Å². The molecule has 14 nitrogen and oxygen atoms in total. The fourth-order valence-corrected chi connectivity index (χ4v) is 8.37. The molecule has 0 aromatic carbocycles. The van der Waals surface area contributed by atoms with E-state index < -0.39 is 72.0 Å². The highest BCUT2D eigenvalue weighted by atomic mass is 35.5. The number of aliphatic hydroxyl groups excluding tert-OH is 1. The van der Waals surface area contributed by atoms with Gasteiger partial charge in [-0.2, -0.15) is 13.2 Å². The van der Waals surface area contributed by atoms with E-state index in [0.29, 0.717) is 39.3 Å². The number of halogens is 4. The zero-order chi connectivity index (χ0) is 34.9. The van der Waals surface area contributed by atoms with Crippen LogP contribution in [0.2, 0.25) is 0 Å². The molecule has 4 aliphatic heterocycles. The second-order valence-corrected chi connectivity index (χ2v) is 14.3. The number of piperazine rings is 2. The van der Waals surface area contributed by atoms with E-state index in [9.17, 15) is 37.5 Å². The Kier molecular flexibility index (Phi) is 11.9. The third-order valence-corrected chi connectivity index (χ3v) is 11.0. The van der Waals surface area contributed by atoms with E-state index in [4.69, 9.17) is 11.6 Å². The number of piperidine rings is 1. The normalized spacial score (nSPS) is 38.6. The quantitative estimate of drug-likeness (QED) is 0.150. The fraction of sp³-hybridized carbons (Fsp3) is 0.867. The van der Waals surface area contributed by atoms with Gasteiger partial charge in [0, 0.05) is 64.4 Å². The van der Waals surface area contributed by atoms with Gasteiger partial charge in [-0.05, 0) is 32.6 Å². The standard InChI is InChI=1S/C30H49ClF3N9O5/c1-4-20-25(41-7-9-42(10-8-41)29(48)24-26(46)15(2)36-14-37-24)27(47)23-28(40-21(12-35-23)38-16(3)44)43(20)13-22(45)39-19-6-5-17(11-18(19)31)30(32,33)34/h15,17-21,23-26,28,35-37,40,46H,4-14H2,1-3H3,(H,38,44)(H,39,45). The molecule has 0 bridgehead atoms. The van der Waals surface area contributed by atoms with Crippen LogP contribution in [0.4, 0.5) is 13.2 Å². The van der Waals surface area contributed by atoms with Crippen LogP contribution in [0.3, 0.4) is 0 Å². The number of rotatable bonds is 7. The van der Waals surface area contributed by atoms with Crippen molar-refractivity contribution in [1.29, 1.82) is 0 Å². The molecule has 4 heterocycles. The van der Waals surface area contributed by atoms with Gasteiger partial charge >= 0.3 is 6.18 Å². The summed E-state index contributed by atoms with van der Waals surface area (Å²) in [5, 5.41) is 28.1. The molecule has 0 spiro atoms. The summed E-state index contributed by atoms with van der Waals surface area (Å²) in [6, 6.07) is -3.35. The van der Waals surface area contributed by atoms with E-state index in [1.165, 1.54) is 6.92 Å². The van der Waals surface area contributed by atoms with Gasteiger partial charge in [0.2, 0.25) is 17.7 Å². The minimum Gasteiger partial charge on any atom is -0.389 e. The lowest BCUT2D eigenvalue weighted by Crippen LogP contribution is -2.80. The number of likely N-dealkylation sites (tertiary alicyclic amines) is 1. The second kappa shape index (κ2) is 15.4. The molecule has 0 aromatic rings. The van der Waals surface area contributed by atoms with Gasteiger partial charge in [0.15, 0.2) is 5.78 Å². The predicted molar refractivity (Wildman–Crippen MR) is 169 cm³/mol. The van der Waals surface area contributed by atoms with Crippen molar-refractivity contribution in [1.82, 2.24) is 46.6 Å². The van der Waals surface area contributed by atoms with Gasteiger partial charge in [0.05, 0.1) is 48.4 Å². The first-order valence-corrected chi connectivity index (χ1v) is 17.4. The van der Waals surface area contributed by atoms with Crippen molar-refractivity contribution in [3.8, 4) is 0 Å². The number of carbonyl (C=O) groups is 4.